The van der Waals surface area contributed by atoms with Gasteiger partial charge in [0.05, 0.1) is 37.6 Å². The van der Waals surface area contributed by atoms with Crippen LogP contribution in [0.25, 0.3) is 72.7 Å². The van der Waals surface area contributed by atoms with Crippen LogP contribution in [0.3, 0.4) is 0 Å². The Hall–Kier alpha value is -6.26. The Morgan fingerprint density at radius 2 is 1.10 bits per heavy atom. The molecule has 4 heteroatoms. The average Bonchev–Trinajstić information content (AvgIpc) is 3.71. The lowest BCUT2D eigenvalue weighted by molar-refractivity contribution is 0.446. The number of nitrogens with zero attached hydrogens (tertiary/aromatic N) is 3. The van der Waals surface area contributed by atoms with E-state index in [0.29, 0.717) is 28.0 Å². The molecule has 8 rings (SSSR count). The number of rotatable bonds is 6. The molecule has 0 aliphatic rings. The summed E-state index contributed by atoms with van der Waals surface area (Å²) < 4.78 is 88.8. The molecule has 2 aromatic heterocycles. The van der Waals surface area contributed by atoms with Crippen LogP contribution in [0, 0.1) is 6.85 Å². The normalized spacial score (nSPS) is 15.1. The smallest absolute Gasteiger partial charge is 0.149 e. The fourth-order valence-electron chi connectivity index (χ4n) is 8.51. The van der Waals surface area contributed by atoms with Gasteiger partial charge in [0.15, 0.2) is 0 Å². The summed E-state index contributed by atoms with van der Waals surface area (Å²) in [6, 6.07) is 27.2. The van der Waals surface area contributed by atoms with Crippen LogP contribution in [0.2, 0.25) is 0 Å². The average molecular weight is 896 g/mol. The molecule has 0 unspecified atom stereocenters. The van der Waals surface area contributed by atoms with Crippen molar-refractivity contribution < 1.29 is 18.8 Å². The van der Waals surface area contributed by atoms with E-state index in [4.69, 9.17) is 17.3 Å². The first-order chi connectivity index (χ1) is 35.3. The minimum Gasteiger partial charge on any atom is -0.507 e. The standard InChI is InChI=1S/C63H71N3O/c1-39-20-22-40(23-21-39)42-30-31-64-53(35-42)44-32-43(33-47(34-44)61(8,9)10)49-18-17-19-55-56(49)65-58(51-37-48(62(11,12)13)38-52(57(51)67)63(14,15)16)66(55)54-29-28-46(60(5,6)7)36-50(54)41-24-26-45(27-25-41)59(2,3)4/h17-38,67H,1-16H3/i1D3,20D,21D,22D,23D,30D,31D,35D. The van der Waals surface area contributed by atoms with Crippen molar-refractivity contribution in [3.8, 4) is 67.5 Å². The number of para-hydroxylation sites is 1. The molecule has 0 aliphatic heterocycles. The summed E-state index contributed by atoms with van der Waals surface area (Å²) in [4.78, 5) is 10.1. The van der Waals surface area contributed by atoms with Crippen LogP contribution in [-0.2, 0) is 27.1 Å². The number of imidazole rings is 1. The fraction of sp³-hybridized carbons (Fsp3) is 0.333. The van der Waals surface area contributed by atoms with E-state index in [2.05, 4.69) is 174 Å². The van der Waals surface area contributed by atoms with E-state index in [1.54, 1.807) is 0 Å². The maximum absolute atomic E-state index is 12.7. The molecule has 0 bridgehead atoms. The molecule has 1 N–H and O–H groups in total. The number of phenolic OH excluding ortho intramolecular Hbond substituents is 1. The van der Waals surface area contributed by atoms with Crippen LogP contribution < -0.4 is 0 Å². The minimum atomic E-state index is -2.97. The van der Waals surface area contributed by atoms with E-state index in [9.17, 15) is 6.48 Å². The number of aromatic hydroxyl groups is 1. The molecular formula is C63H71N3O. The van der Waals surface area contributed by atoms with E-state index in [0.717, 1.165) is 50.1 Å². The number of hydrogen-bond donors (Lipinski definition) is 1. The number of hydrogen-bond acceptors (Lipinski definition) is 3. The number of fused-ring (bicyclic) bond motifs is 1. The SMILES string of the molecule is [2H]c1nc(-c2cc(-c3cccc4c3nc(-c3cc(C(C)(C)C)cc(C(C)(C)C)c3O)n4-c3ccc(C(C)(C)C)cc3-c3ccc(C(C)(C)C)cc3)cc(C(C)(C)C)c2)c([2H])c(-c2c([2H])c([2H])c(C([2H])([2H])[2H])c([2H])c2[2H])c1[2H]. The molecule has 0 aliphatic carbocycles. The maximum atomic E-state index is 12.7. The zero-order chi connectivity index (χ0) is 57.2. The highest BCUT2D eigenvalue weighted by Gasteiger charge is 2.30. The van der Waals surface area contributed by atoms with Crippen LogP contribution >= 0.6 is 0 Å². The van der Waals surface area contributed by atoms with Gasteiger partial charge in [-0.3, -0.25) is 9.55 Å². The Morgan fingerprint density at radius 1 is 0.507 bits per heavy atom. The van der Waals surface area contributed by atoms with Gasteiger partial charge in [-0.1, -0.05) is 188 Å². The zero-order valence-corrected chi connectivity index (χ0v) is 41.9. The second-order valence-electron chi connectivity index (χ2n) is 23.2. The van der Waals surface area contributed by atoms with Crippen molar-refractivity contribution in [2.24, 2.45) is 0 Å². The summed E-state index contributed by atoms with van der Waals surface area (Å²) in [5.41, 5.74) is 8.47. The van der Waals surface area contributed by atoms with Crippen LogP contribution in [0.1, 0.15) is 151 Å². The van der Waals surface area contributed by atoms with Crippen LogP contribution in [-0.4, -0.2) is 19.6 Å². The van der Waals surface area contributed by atoms with Gasteiger partial charge in [0.1, 0.15) is 11.6 Å². The van der Waals surface area contributed by atoms with Crippen molar-refractivity contribution in [2.75, 3.05) is 0 Å². The van der Waals surface area contributed by atoms with Crippen molar-refractivity contribution in [1.82, 2.24) is 14.5 Å². The summed E-state index contributed by atoms with van der Waals surface area (Å²) in [5, 5.41) is 12.7. The molecule has 0 spiro atoms. The second-order valence-corrected chi connectivity index (χ2v) is 23.2. The Bertz CT molecular complexity index is 3640. The van der Waals surface area contributed by atoms with Crippen LogP contribution in [0.15, 0.2) is 133 Å². The third-order valence-corrected chi connectivity index (χ3v) is 12.7. The van der Waals surface area contributed by atoms with Gasteiger partial charge in [0.25, 0.3) is 0 Å². The molecular weight excluding hydrogens is 815 g/mol. The van der Waals surface area contributed by atoms with Crippen molar-refractivity contribution in [3.05, 3.63) is 167 Å². The first kappa shape index (κ1) is 35.9. The lowest BCUT2D eigenvalue weighted by atomic mass is 9.79. The third kappa shape index (κ3) is 9.51. The summed E-state index contributed by atoms with van der Waals surface area (Å²) >= 11 is 0. The van der Waals surface area contributed by atoms with Gasteiger partial charge < -0.3 is 5.11 Å². The van der Waals surface area contributed by atoms with Gasteiger partial charge in [-0.2, -0.15) is 0 Å². The molecule has 4 nitrogen and oxygen atoms in total. The molecule has 0 saturated carbocycles. The zero-order valence-electron chi connectivity index (χ0n) is 51.9. The lowest BCUT2D eigenvalue weighted by Gasteiger charge is -2.28. The highest BCUT2D eigenvalue weighted by atomic mass is 16.3. The Labute approximate surface area is 415 Å². The monoisotopic (exact) mass is 896 g/mol. The first-order valence-corrected chi connectivity index (χ1v) is 23.2. The molecule has 6 aromatic carbocycles. The fourth-order valence-corrected chi connectivity index (χ4v) is 8.51. The maximum Gasteiger partial charge on any atom is 0.149 e. The van der Waals surface area contributed by atoms with E-state index in [1.807, 2.05) is 30.3 Å². The van der Waals surface area contributed by atoms with Crippen LogP contribution in [0.4, 0.5) is 0 Å². The highest BCUT2D eigenvalue weighted by Crippen LogP contribution is 2.46. The summed E-state index contributed by atoms with van der Waals surface area (Å²) in [7, 11) is 0. The largest absolute Gasteiger partial charge is 0.507 e. The number of phenols is 1. The summed E-state index contributed by atoms with van der Waals surface area (Å²) in [5.74, 6) is 0.658. The van der Waals surface area contributed by atoms with Crippen molar-refractivity contribution in [3.63, 3.8) is 0 Å². The van der Waals surface area contributed by atoms with E-state index >= 15 is 0 Å². The van der Waals surface area contributed by atoms with E-state index in [1.165, 1.54) is 5.56 Å². The van der Waals surface area contributed by atoms with Gasteiger partial charge in [-0.05, 0) is 127 Å². The van der Waals surface area contributed by atoms with Gasteiger partial charge in [0, 0.05) is 32.5 Å². The topological polar surface area (TPSA) is 50.9 Å². The highest BCUT2D eigenvalue weighted by molar-refractivity contribution is 5.98. The molecule has 0 radical (unpaired) electrons. The second kappa shape index (κ2) is 16.8. The molecule has 0 fully saturated rings. The van der Waals surface area contributed by atoms with Crippen molar-refractivity contribution in [1.29, 1.82) is 0 Å². The third-order valence-electron chi connectivity index (χ3n) is 12.7. The molecule has 2 heterocycles. The molecule has 67 heavy (non-hydrogen) atoms. The molecule has 0 saturated heterocycles. The predicted octanol–water partition coefficient (Wildman–Crippen LogP) is 17.3. The number of benzene rings is 6. The summed E-state index contributed by atoms with van der Waals surface area (Å²) in [6.45, 7) is 29.2. The van der Waals surface area contributed by atoms with E-state index < -0.39 is 71.2 Å². The van der Waals surface area contributed by atoms with Gasteiger partial charge in [-0.25, -0.2) is 4.98 Å². The predicted molar refractivity (Wildman–Crippen MR) is 286 cm³/mol. The quantitative estimate of drug-likeness (QED) is 0.181. The van der Waals surface area contributed by atoms with Crippen molar-refractivity contribution >= 4 is 11.0 Å². The Balaban J connectivity index is 1.49. The molecule has 344 valence electrons. The summed E-state index contributed by atoms with van der Waals surface area (Å²) in [6.07, 6.45) is -0.566. The number of pyridine rings is 1. The molecule has 0 atom stereocenters. The van der Waals surface area contributed by atoms with Crippen molar-refractivity contribution in [2.45, 2.75) is 138 Å². The van der Waals surface area contributed by atoms with Gasteiger partial charge in [0.2, 0.25) is 0 Å². The lowest BCUT2D eigenvalue weighted by Crippen LogP contribution is -2.17. The van der Waals surface area contributed by atoms with Gasteiger partial charge >= 0.3 is 0 Å². The minimum absolute atomic E-state index is 0.0387. The molecule has 0 amide bonds. The van der Waals surface area contributed by atoms with Gasteiger partial charge in [-0.15, -0.1) is 0 Å². The van der Waals surface area contributed by atoms with Crippen LogP contribution in [0.5, 0.6) is 5.75 Å². The first-order valence-electron chi connectivity index (χ1n) is 28.2. The van der Waals surface area contributed by atoms with E-state index in [-0.39, 0.29) is 33.3 Å². The number of aromatic nitrogens is 3. The Morgan fingerprint density at radius 3 is 1.72 bits per heavy atom. The molecule has 8 aromatic rings. The Kier molecular flexibility index (Phi) is 9.00.